The molecule has 3 aromatic rings. The summed E-state index contributed by atoms with van der Waals surface area (Å²) in [4.78, 5) is 24.3. The molecule has 0 heterocycles. The SMILES string of the molecule is CNC(=O)c1ccc(/C=C(/C#N)C(=O)Nc2ccccc2Oc2ccccc2)cc1. The van der Waals surface area contributed by atoms with Crippen LogP contribution in [0.25, 0.3) is 6.08 Å². The van der Waals surface area contributed by atoms with Crippen LogP contribution in [0.1, 0.15) is 15.9 Å². The van der Waals surface area contributed by atoms with Gasteiger partial charge in [-0.3, -0.25) is 9.59 Å². The lowest BCUT2D eigenvalue weighted by molar-refractivity contribution is -0.112. The molecule has 0 aliphatic carbocycles. The molecule has 6 nitrogen and oxygen atoms in total. The van der Waals surface area contributed by atoms with Gasteiger partial charge in [0.15, 0.2) is 5.75 Å². The Morgan fingerprint density at radius 1 is 0.933 bits per heavy atom. The smallest absolute Gasteiger partial charge is 0.266 e. The zero-order valence-electron chi connectivity index (χ0n) is 16.3. The summed E-state index contributed by atoms with van der Waals surface area (Å²) in [5.41, 5.74) is 1.49. The third-order valence-corrected chi connectivity index (χ3v) is 4.18. The summed E-state index contributed by atoms with van der Waals surface area (Å²) in [5.74, 6) is 0.325. The number of carbonyl (C=O) groups is 2. The van der Waals surface area contributed by atoms with E-state index in [0.717, 1.165) is 0 Å². The number of anilines is 1. The van der Waals surface area contributed by atoms with Crippen LogP contribution in [0.3, 0.4) is 0 Å². The topological polar surface area (TPSA) is 91.2 Å². The summed E-state index contributed by atoms with van der Waals surface area (Å²) < 4.78 is 5.83. The van der Waals surface area contributed by atoms with Crippen molar-refractivity contribution in [2.45, 2.75) is 0 Å². The van der Waals surface area contributed by atoms with E-state index in [0.29, 0.717) is 28.3 Å². The van der Waals surface area contributed by atoms with Crippen molar-refractivity contribution in [3.63, 3.8) is 0 Å². The van der Waals surface area contributed by atoms with E-state index in [1.807, 2.05) is 36.4 Å². The minimum absolute atomic E-state index is 0.0720. The second-order valence-electron chi connectivity index (χ2n) is 6.24. The molecular weight excluding hydrogens is 378 g/mol. The van der Waals surface area contributed by atoms with E-state index in [1.165, 1.54) is 6.08 Å². The third kappa shape index (κ3) is 5.12. The maximum Gasteiger partial charge on any atom is 0.266 e. The summed E-state index contributed by atoms with van der Waals surface area (Å²) in [7, 11) is 1.55. The third-order valence-electron chi connectivity index (χ3n) is 4.18. The number of amides is 2. The predicted molar refractivity (Wildman–Crippen MR) is 115 cm³/mol. The lowest BCUT2D eigenvalue weighted by Crippen LogP contribution is -2.17. The molecule has 0 saturated heterocycles. The number of hydrogen-bond acceptors (Lipinski definition) is 4. The number of para-hydroxylation sites is 3. The number of rotatable bonds is 6. The first-order valence-corrected chi connectivity index (χ1v) is 9.18. The van der Waals surface area contributed by atoms with E-state index in [2.05, 4.69) is 10.6 Å². The number of nitrogens with zero attached hydrogens (tertiary/aromatic N) is 1. The van der Waals surface area contributed by atoms with Crippen molar-refractivity contribution >= 4 is 23.6 Å². The zero-order chi connectivity index (χ0) is 21.3. The molecule has 0 radical (unpaired) electrons. The molecule has 3 aromatic carbocycles. The largest absolute Gasteiger partial charge is 0.455 e. The maximum absolute atomic E-state index is 12.7. The average Bonchev–Trinajstić information content (AvgIpc) is 2.79. The summed E-state index contributed by atoms with van der Waals surface area (Å²) in [6, 6.07) is 24.7. The van der Waals surface area contributed by atoms with Crippen LogP contribution in [0.2, 0.25) is 0 Å². The normalized spacial score (nSPS) is 10.6. The van der Waals surface area contributed by atoms with E-state index in [1.54, 1.807) is 55.6 Å². The molecule has 2 amide bonds. The average molecular weight is 397 g/mol. The highest BCUT2D eigenvalue weighted by Gasteiger charge is 2.13. The van der Waals surface area contributed by atoms with Gasteiger partial charge in [0, 0.05) is 12.6 Å². The fourth-order valence-corrected chi connectivity index (χ4v) is 2.65. The summed E-state index contributed by atoms with van der Waals surface area (Å²) in [6.45, 7) is 0. The van der Waals surface area contributed by atoms with Gasteiger partial charge in [-0.2, -0.15) is 5.26 Å². The van der Waals surface area contributed by atoms with Crippen LogP contribution in [0.15, 0.2) is 84.4 Å². The monoisotopic (exact) mass is 397 g/mol. The van der Waals surface area contributed by atoms with Gasteiger partial charge in [0.1, 0.15) is 17.4 Å². The standard InChI is InChI=1S/C24H19N3O3/c1-26-23(28)18-13-11-17(12-14-18)15-19(16-25)24(29)27-21-9-5-6-10-22(21)30-20-7-3-2-4-8-20/h2-15H,1H3,(H,26,28)(H,27,29)/b19-15-. The number of hydrogen-bond donors (Lipinski definition) is 2. The number of nitrogens with one attached hydrogen (secondary N) is 2. The van der Waals surface area contributed by atoms with Crippen molar-refractivity contribution in [2.75, 3.05) is 12.4 Å². The number of carbonyl (C=O) groups excluding carboxylic acids is 2. The number of nitriles is 1. The molecule has 148 valence electrons. The number of ether oxygens (including phenoxy) is 1. The molecule has 6 heteroatoms. The van der Waals surface area contributed by atoms with Crippen LogP contribution >= 0.6 is 0 Å². The Morgan fingerprint density at radius 2 is 1.60 bits per heavy atom. The summed E-state index contributed by atoms with van der Waals surface area (Å²) in [5, 5.41) is 14.7. The van der Waals surface area contributed by atoms with Crippen molar-refractivity contribution in [1.82, 2.24) is 5.32 Å². The van der Waals surface area contributed by atoms with Gasteiger partial charge in [0.2, 0.25) is 0 Å². The van der Waals surface area contributed by atoms with E-state index >= 15 is 0 Å². The van der Waals surface area contributed by atoms with Crippen LogP contribution < -0.4 is 15.4 Å². The predicted octanol–water partition coefficient (Wildman–Crippen LogP) is 4.38. The van der Waals surface area contributed by atoms with Crippen LogP contribution in [-0.2, 0) is 4.79 Å². The highest BCUT2D eigenvalue weighted by molar-refractivity contribution is 6.10. The Bertz CT molecular complexity index is 1110. The second kappa shape index (κ2) is 9.71. The Labute approximate surface area is 174 Å². The number of benzene rings is 3. The molecule has 30 heavy (non-hydrogen) atoms. The molecule has 0 fully saturated rings. The second-order valence-corrected chi connectivity index (χ2v) is 6.24. The van der Waals surface area contributed by atoms with Crippen molar-refractivity contribution in [3.05, 3.63) is 95.6 Å². The van der Waals surface area contributed by atoms with Gasteiger partial charge in [0.25, 0.3) is 11.8 Å². The molecule has 2 N–H and O–H groups in total. The molecule has 0 saturated carbocycles. The quantitative estimate of drug-likeness (QED) is 0.477. The minimum atomic E-state index is -0.558. The van der Waals surface area contributed by atoms with E-state index in [4.69, 9.17) is 4.74 Å². The lowest BCUT2D eigenvalue weighted by Gasteiger charge is -2.12. The fraction of sp³-hybridized carbons (Fsp3) is 0.0417. The minimum Gasteiger partial charge on any atom is -0.455 e. The van der Waals surface area contributed by atoms with E-state index in [-0.39, 0.29) is 11.5 Å². The highest BCUT2D eigenvalue weighted by Crippen LogP contribution is 2.29. The van der Waals surface area contributed by atoms with Gasteiger partial charge in [-0.1, -0.05) is 42.5 Å². The van der Waals surface area contributed by atoms with Gasteiger partial charge < -0.3 is 15.4 Å². The molecule has 0 atom stereocenters. The Kier molecular flexibility index (Phi) is 6.59. The Morgan fingerprint density at radius 3 is 2.27 bits per heavy atom. The van der Waals surface area contributed by atoms with E-state index < -0.39 is 5.91 Å². The molecule has 0 bridgehead atoms. The summed E-state index contributed by atoms with van der Waals surface area (Å²) >= 11 is 0. The Hall–Kier alpha value is -4.37. The van der Waals surface area contributed by atoms with E-state index in [9.17, 15) is 14.9 Å². The Balaban J connectivity index is 1.78. The molecular formula is C24H19N3O3. The first-order chi connectivity index (χ1) is 14.6. The van der Waals surface area contributed by atoms with Crippen LogP contribution in [-0.4, -0.2) is 18.9 Å². The lowest BCUT2D eigenvalue weighted by atomic mass is 10.1. The molecule has 3 rings (SSSR count). The van der Waals surface area contributed by atoms with Crippen molar-refractivity contribution in [3.8, 4) is 17.6 Å². The van der Waals surface area contributed by atoms with Gasteiger partial charge in [-0.05, 0) is 48.0 Å². The highest BCUT2D eigenvalue weighted by atomic mass is 16.5. The van der Waals surface area contributed by atoms with Gasteiger partial charge >= 0.3 is 0 Å². The van der Waals surface area contributed by atoms with Gasteiger partial charge in [-0.25, -0.2) is 0 Å². The van der Waals surface area contributed by atoms with Crippen molar-refractivity contribution in [2.24, 2.45) is 0 Å². The fourth-order valence-electron chi connectivity index (χ4n) is 2.65. The molecule has 0 aliphatic rings. The molecule has 0 spiro atoms. The zero-order valence-corrected chi connectivity index (χ0v) is 16.3. The van der Waals surface area contributed by atoms with Crippen molar-refractivity contribution < 1.29 is 14.3 Å². The van der Waals surface area contributed by atoms with Crippen LogP contribution in [0.5, 0.6) is 11.5 Å². The van der Waals surface area contributed by atoms with Crippen molar-refractivity contribution in [1.29, 1.82) is 5.26 Å². The van der Waals surface area contributed by atoms with Crippen LogP contribution in [0.4, 0.5) is 5.69 Å². The summed E-state index contributed by atoms with van der Waals surface area (Å²) in [6.07, 6.45) is 1.46. The van der Waals surface area contributed by atoms with Gasteiger partial charge in [0.05, 0.1) is 5.69 Å². The molecule has 0 aromatic heterocycles. The maximum atomic E-state index is 12.7. The van der Waals surface area contributed by atoms with Crippen LogP contribution in [0, 0.1) is 11.3 Å². The molecule has 0 aliphatic heterocycles. The van der Waals surface area contributed by atoms with Gasteiger partial charge in [-0.15, -0.1) is 0 Å². The first kappa shape index (κ1) is 20.4. The molecule has 0 unspecified atom stereocenters. The first-order valence-electron chi connectivity index (χ1n) is 9.18.